The van der Waals surface area contributed by atoms with Crippen molar-refractivity contribution in [3.63, 3.8) is 0 Å². The Morgan fingerprint density at radius 3 is 2.24 bits per heavy atom. The predicted molar refractivity (Wildman–Crippen MR) is 82.1 cm³/mol. The molecular weight excluding hydrogens is 264 g/mol. The highest BCUT2D eigenvalue weighted by molar-refractivity contribution is 5.69. The van der Waals surface area contributed by atoms with Crippen LogP contribution in [0.25, 0.3) is 0 Å². The zero-order valence-corrected chi connectivity index (χ0v) is 12.2. The fourth-order valence-corrected chi connectivity index (χ4v) is 2.11. The fraction of sp³-hybridized carbons (Fsp3) is 0.278. The topological polar surface area (TPSA) is 35.5 Å². The summed E-state index contributed by atoms with van der Waals surface area (Å²) in [6.07, 6.45) is 0.788. The molecule has 0 fully saturated rings. The molecule has 0 aliphatic heterocycles. The summed E-state index contributed by atoms with van der Waals surface area (Å²) in [5.41, 5.74) is 1.06. The third-order valence-corrected chi connectivity index (χ3v) is 3.11. The lowest BCUT2D eigenvalue weighted by atomic mass is 10.0. The molecule has 0 spiro atoms. The first-order valence-electron chi connectivity index (χ1n) is 7.22. The summed E-state index contributed by atoms with van der Waals surface area (Å²) >= 11 is 0. The summed E-state index contributed by atoms with van der Waals surface area (Å²) in [4.78, 5) is 11.6. The van der Waals surface area contributed by atoms with Crippen LogP contribution in [0.2, 0.25) is 0 Å². The van der Waals surface area contributed by atoms with E-state index in [1.165, 1.54) is 0 Å². The maximum Gasteiger partial charge on any atom is 0.305 e. The average molecular weight is 284 g/mol. The first-order valence-corrected chi connectivity index (χ1v) is 7.22. The van der Waals surface area contributed by atoms with E-state index < -0.39 is 0 Å². The van der Waals surface area contributed by atoms with Crippen LogP contribution in [-0.2, 0) is 9.53 Å². The Bertz CT molecular complexity index is 537. The van der Waals surface area contributed by atoms with Crippen molar-refractivity contribution in [2.24, 2.45) is 0 Å². The van der Waals surface area contributed by atoms with Crippen molar-refractivity contribution in [2.45, 2.75) is 25.9 Å². The van der Waals surface area contributed by atoms with Crippen LogP contribution in [0.15, 0.2) is 60.7 Å². The van der Waals surface area contributed by atoms with Gasteiger partial charge in [-0.25, -0.2) is 0 Å². The van der Waals surface area contributed by atoms with Crippen molar-refractivity contribution < 1.29 is 14.3 Å². The maximum absolute atomic E-state index is 11.6. The van der Waals surface area contributed by atoms with Crippen LogP contribution in [0, 0.1) is 0 Å². The van der Waals surface area contributed by atoms with Crippen LogP contribution in [0.5, 0.6) is 5.75 Å². The summed E-state index contributed by atoms with van der Waals surface area (Å²) in [7, 11) is 0. The van der Waals surface area contributed by atoms with Crippen molar-refractivity contribution in [1.82, 2.24) is 0 Å². The highest BCUT2D eigenvalue weighted by Gasteiger charge is 2.15. The normalized spacial score (nSPS) is 11.7. The summed E-state index contributed by atoms with van der Waals surface area (Å²) < 4.78 is 11.0. The summed E-state index contributed by atoms with van der Waals surface area (Å²) in [5.74, 6) is 0.616. The molecule has 0 amide bonds. The Kier molecular flexibility index (Phi) is 5.83. The van der Waals surface area contributed by atoms with Gasteiger partial charge in [0.2, 0.25) is 0 Å². The van der Waals surface area contributed by atoms with Crippen LogP contribution in [0.1, 0.15) is 31.4 Å². The molecule has 1 atom stereocenters. The molecule has 110 valence electrons. The van der Waals surface area contributed by atoms with E-state index in [0.717, 1.165) is 11.3 Å². The van der Waals surface area contributed by atoms with Crippen LogP contribution >= 0.6 is 0 Å². The molecule has 0 aliphatic rings. The summed E-state index contributed by atoms with van der Waals surface area (Å²) in [6.45, 7) is 2.22. The van der Waals surface area contributed by atoms with Gasteiger partial charge in [0.15, 0.2) is 0 Å². The number of esters is 1. The molecular formula is C18H20O3. The lowest BCUT2D eigenvalue weighted by molar-refractivity contribution is -0.143. The van der Waals surface area contributed by atoms with Gasteiger partial charge in [0.05, 0.1) is 6.61 Å². The van der Waals surface area contributed by atoms with Crippen LogP contribution < -0.4 is 4.74 Å². The lowest BCUT2D eigenvalue weighted by Crippen LogP contribution is -2.12. The number of hydrogen-bond acceptors (Lipinski definition) is 3. The molecule has 1 unspecified atom stereocenters. The quantitative estimate of drug-likeness (QED) is 0.716. The Balaban J connectivity index is 2.06. The molecule has 0 N–H and O–H groups in total. The smallest absolute Gasteiger partial charge is 0.305 e. The van der Waals surface area contributed by atoms with E-state index in [2.05, 4.69) is 0 Å². The second kappa shape index (κ2) is 8.10. The number of hydrogen-bond donors (Lipinski definition) is 0. The molecule has 0 bridgehead atoms. The molecule has 2 rings (SSSR count). The molecule has 0 saturated carbocycles. The largest absolute Gasteiger partial charge is 0.486 e. The second-order valence-electron chi connectivity index (χ2n) is 4.67. The molecule has 0 saturated heterocycles. The maximum atomic E-state index is 11.6. The number of benzene rings is 2. The number of carbonyl (C=O) groups is 1. The molecule has 0 aromatic heterocycles. The molecule has 0 radical (unpaired) electrons. The van der Waals surface area contributed by atoms with Gasteiger partial charge < -0.3 is 9.47 Å². The van der Waals surface area contributed by atoms with Crippen molar-refractivity contribution >= 4 is 5.97 Å². The predicted octanol–water partition coefficient (Wildman–Crippen LogP) is 4.15. The second-order valence-corrected chi connectivity index (χ2v) is 4.67. The van der Waals surface area contributed by atoms with Gasteiger partial charge in [0, 0.05) is 6.42 Å². The third kappa shape index (κ3) is 4.95. The minimum absolute atomic E-state index is 0.155. The Labute approximate surface area is 125 Å². The van der Waals surface area contributed by atoms with Gasteiger partial charge in [0.1, 0.15) is 11.9 Å². The monoisotopic (exact) mass is 284 g/mol. The average Bonchev–Trinajstić information content (AvgIpc) is 2.53. The molecule has 2 aromatic carbocycles. The Morgan fingerprint density at radius 2 is 1.62 bits per heavy atom. The summed E-state index contributed by atoms with van der Waals surface area (Å²) in [5, 5.41) is 0. The number of ether oxygens (including phenoxy) is 2. The minimum atomic E-state index is -0.185. The van der Waals surface area contributed by atoms with Gasteiger partial charge in [-0.2, -0.15) is 0 Å². The first-order chi connectivity index (χ1) is 10.3. The van der Waals surface area contributed by atoms with E-state index >= 15 is 0 Å². The number of carbonyl (C=O) groups excluding carboxylic acids is 1. The summed E-state index contributed by atoms with van der Waals surface area (Å²) in [6, 6.07) is 19.6. The van der Waals surface area contributed by atoms with Crippen LogP contribution in [-0.4, -0.2) is 12.6 Å². The molecule has 2 aromatic rings. The van der Waals surface area contributed by atoms with Gasteiger partial charge in [-0.3, -0.25) is 4.79 Å². The van der Waals surface area contributed by atoms with Crippen molar-refractivity contribution in [1.29, 1.82) is 0 Å². The number of rotatable bonds is 7. The SMILES string of the molecule is CCOC(=O)CCC(Oc1ccccc1)c1ccccc1. The molecule has 3 heteroatoms. The van der Waals surface area contributed by atoms with E-state index in [9.17, 15) is 4.79 Å². The standard InChI is InChI=1S/C18H20O3/c1-2-20-18(19)14-13-17(15-9-5-3-6-10-15)21-16-11-7-4-8-12-16/h3-12,17H,2,13-14H2,1H3. The van der Waals surface area contributed by atoms with Crippen molar-refractivity contribution in [3.8, 4) is 5.75 Å². The van der Waals surface area contributed by atoms with Crippen molar-refractivity contribution in [3.05, 3.63) is 66.2 Å². The zero-order chi connectivity index (χ0) is 14.9. The fourth-order valence-electron chi connectivity index (χ4n) is 2.11. The molecule has 3 nitrogen and oxygen atoms in total. The van der Waals surface area contributed by atoms with Gasteiger partial charge in [-0.1, -0.05) is 48.5 Å². The highest BCUT2D eigenvalue weighted by Crippen LogP contribution is 2.25. The van der Waals surface area contributed by atoms with Gasteiger partial charge in [-0.05, 0) is 31.0 Å². The van der Waals surface area contributed by atoms with Gasteiger partial charge in [0.25, 0.3) is 0 Å². The van der Waals surface area contributed by atoms with Crippen LogP contribution in [0.4, 0.5) is 0 Å². The van der Waals surface area contributed by atoms with Gasteiger partial charge >= 0.3 is 5.97 Å². The lowest BCUT2D eigenvalue weighted by Gasteiger charge is -2.19. The minimum Gasteiger partial charge on any atom is -0.486 e. The molecule has 0 heterocycles. The molecule has 21 heavy (non-hydrogen) atoms. The third-order valence-electron chi connectivity index (χ3n) is 3.11. The molecule has 0 aliphatic carbocycles. The van der Waals surface area contributed by atoms with E-state index in [4.69, 9.17) is 9.47 Å². The zero-order valence-electron chi connectivity index (χ0n) is 12.2. The van der Waals surface area contributed by atoms with Gasteiger partial charge in [-0.15, -0.1) is 0 Å². The van der Waals surface area contributed by atoms with Crippen LogP contribution in [0.3, 0.4) is 0 Å². The van der Waals surface area contributed by atoms with E-state index in [1.807, 2.05) is 67.6 Å². The van der Waals surface area contributed by atoms with Crippen molar-refractivity contribution in [2.75, 3.05) is 6.61 Å². The van der Waals surface area contributed by atoms with E-state index in [0.29, 0.717) is 19.4 Å². The highest BCUT2D eigenvalue weighted by atomic mass is 16.5. The first kappa shape index (κ1) is 15.1. The number of para-hydroxylation sites is 1. The van der Waals surface area contributed by atoms with E-state index in [-0.39, 0.29) is 12.1 Å². The Hall–Kier alpha value is -2.29. The van der Waals surface area contributed by atoms with E-state index in [1.54, 1.807) is 0 Å². The Morgan fingerprint density at radius 1 is 1.00 bits per heavy atom.